The largest absolute Gasteiger partial charge is 0.317 e. The lowest BCUT2D eigenvalue weighted by Gasteiger charge is -2.15. The molecule has 1 aliphatic heterocycles. The first-order valence-corrected chi connectivity index (χ1v) is 13.1. The summed E-state index contributed by atoms with van der Waals surface area (Å²) in [7, 11) is 0. The molecule has 1 amide bonds. The molecule has 212 valence electrons. The van der Waals surface area contributed by atoms with Crippen LogP contribution in [0.2, 0.25) is 5.02 Å². The van der Waals surface area contributed by atoms with Crippen molar-refractivity contribution < 1.29 is 18.0 Å². The molecule has 1 spiro atoms. The quantitative estimate of drug-likeness (QED) is 0.292. The van der Waals surface area contributed by atoms with E-state index in [0.29, 0.717) is 25.1 Å². The first kappa shape index (κ1) is 26.0. The molecule has 16 heteroatoms. The average Bonchev–Trinajstić information content (AvgIpc) is 3.23. The summed E-state index contributed by atoms with van der Waals surface area (Å²) in [6.07, 6.45) is 3.07. The van der Waals surface area contributed by atoms with Gasteiger partial charge in [-0.25, -0.2) is 19.3 Å². The van der Waals surface area contributed by atoms with E-state index in [1.807, 2.05) is 0 Å². The minimum atomic E-state index is -1.03. The van der Waals surface area contributed by atoms with Crippen LogP contribution < -0.4 is 10.9 Å². The lowest BCUT2D eigenvalue weighted by Crippen LogP contribution is -2.26. The Balaban J connectivity index is 1.32. The Morgan fingerprint density at radius 2 is 1.95 bits per heavy atom. The Kier molecular flexibility index (Phi) is 5.76. The molecule has 5 heterocycles. The minimum Gasteiger partial charge on any atom is -0.317 e. The van der Waals surface area contributed by atoms with Gasteiger partial charge in [0, 0.05) is 18.4 Å². The van der Waals surface area contributed by atoms with Crippen molar-refractivity contribution in [2.75, 3.05) is 5.32 Å². The van der Waals surface area contributed by atoms with Crippen molar-refractivity contribution in [3.63, 3.8) is 0 Å². The smallest absolute Gasteiger partial charge is 0.254 e. The molecule has 5 aromatic rings. The fraction of sp³-hybridized carbons (Fsp3) is 0.231. The highest BCUT2D eigenvalue weighted by atomic mass is 35.5. The molecule has 1 aliphatic carbocycles. The number of rotatable bonds is 5. The zero-order valence-corrected chi connectivity index (χ0v) is 22.3. The van der Waals surface area contributed by atoms with Gasteiger partial charge >= 0.3 is 0 Å². The van der Waals surface area contributed by atoms with E-state index in [-0.39, 0.29) is 44.9 Å². The number of carbonyl (C=O) groups excluding carboxylic acids is 1. The van der Waals surface area contributed by atoms with Crippen LogP contribution in [0.5, 0.6) is 0 Å². The standard InChI is InChI=1S/C26H18ClF3N10O2/c1-11(41)32-17-5-2-12(22(29)34-17)21-23(30)36-24(35-21)16-9-26(6-7-26)25-33-14(8-18(42)40(16)25)19-15(39-10-31-37-38-39)4-3-13(27)20(19)28/h2-5,8,10,16H,6-7,9H2,1H3,(H,35,36)(H,32,34,41). The maximum absolute atomic E-state index is 15.4. The summed E-state index contributed by atoms with van der Waals surface area (Å²) in [5.41, 5.74) is -1.34. The number of amides is 1. The van der Waals surface area contributed by atoms with Crippen LogP contribution >= 0.6 is 11.6 Å². The summed E-state index contributed by atoms with van der Waals surface area (Å²) in [5, 5.41) is 13.2. The molecule has 0 radical (unpaired) electrons. The molecule has 0 bridgehead atoms. The predicted molar refractivity (Wildman–Crippen MR) is 141 cm³/mol. The van der Waals surface area contributed by atoms with Crippen LogP contribution in [0.1, 0.15) is 43.9 Å². The lowest BCUT2D eigenvalue weighted by atomic mass is 10.0. The molecule has 12 nitrogen and oxygen atoms in total. The molecule has 4 aromatic heterocycles. The van der Waals surface area contributed by atoms with E-state index in [9.17, 15) is 14.0 Å². The van der Waals surface area contributed by atoms with Gasteiger partial charge in [0.25, 0.3) is 5.56 Å². The molecule has 42 heavy (non-hydrogen) atoms. The number of nitrogens with one attached hydrogen (secondary N) is 2. The van der Waals surface area contributed by atoms with E-state index in [0.717, 1.165) is 0 Å². The van der Waals surface area contributed by atoms with E-state index in [1.54, 1.807) is 0 Å². The zero-order chi connectivity index (χ0) is 29.3. The van der Waals surface area contributed by atoms with Crippen LogP contribution in [0.15, 0.2) is 41.5 Å². The molecular formula is C26H18ClF3N10O2. The second-order valence-corrected chi connectivity index (χ2v) is 10.6. The zero-order valence-electron chi connectivity index (χ0n) is 21.6. The highest BCUT2D eigenvalue weighted by Gasteiger charge is 2.55. The minimum absolute atomic E-state index is 0.0341. The fourth-order valence-electron chi connectivity index (χ4n) is 5.46. The van der Waals surface area contributed by atoms with E-state index in [1.165, 1.54) is 52.8 Å². The summed E-state index contributed by atoms with van der Waals surface area (Å²) in [5.74, 6) is -2.72. The SMILES string of the molecule is CC(=O)Nc1ccc(-c2nc(C3CC4(CC4)c4nc(-c5c(-n6cnnn6)ccc(Cl)c5F)cc(=O)n43)[nH]c2F)c(F)n1. The van der Waals surface area contributed by atoms with Gasteiger partial charge in [0.05, 0.1) is 33.6 Å². The molecule has 7 rings (SSSR count). The molecule has 2 aliphatic rings. The number of hydrogen-bond donors (Lipinski definition) is 2. The highest BCUT2D eigenvalue weighted by molar-refractivity contribution is 6.31. The molecule has 1 aromatic carbocycles. The number of benzene rings is 1. The van der Waals surface area contributed by atoms with Gasteiger partial charge in [-0.05, 0) is 54.0 Å². The van der Waals surface area contributed by atoms with Gasteiger partial charge in [-0.2, -0.15) is 13.5 Å². The topological polar surface area (TPSA) is 149 Å². The number of pyridine rings is 1. The molecule has 2 N–H and O–H groups in total. The predicted octanol–water partition coefficient (Wildman–Crippen LogP) is 3.72. The average molecular weight is 595 g/mol. The van der Waals surface area contributed by atoms with Crippen molar-refractivity contribution in [2.45, 2.75) is 37.6 Å². The van der Waals surface area contributed by atoms with Crippen LogP contribution in [0.4, 0.5) is 19.0 Å². The fourth-order valence-corrected chi connectivity index (χ4v) is 5.62. The number of carbonyl (C=O) groups is 1. The van der Waals surface area contributed by atoms with Crippen molar-refractivity contribution in [3.05, 3.63) is 81.4 Å². The number of imidazole rings is 1. The third-order valence-electron chi connectivity index (χ3n) is 7.50. The number of halogens is 4. The number of hydrogen-bond acceptors (Lipinski definition) is 8. The maximum atomic E-state index is 15.4. The van der Waals surface area contributed by atoms with Crippen LogP contribution in [0.25, 0.3) is 28.2 Å². The van der Waals surface area contributed by atoms with Crippen LogP contribution in [-0.4, -0.2) is 50.6 Å². The first-order valence-electron chi connectivity index (χ1n) is 12.7. The second kappa shape index (κ2) is 9.30. The maximum Gasteiger partial charge on any atom is 0.254 e. The van der Waals surface area contributed by atoms with Crippen molar-refractivity contribution in [2.24, 2.45) is 0 Å². The molecule has 1 atom stereocenters. The lowest BCUT2D eigenvalue weighted by molar-refractivity contribution is -0.114. The molecule has 1 saturated carbocycles. The summed E-state index contributed by atoms with van der Waals surface area (Å²) in [4.78, 5) is 40.1. The van der Waals surface area contributed by atoms with Gasteiger partial charge in [0.1, 0.15) is 29.5 Å². The van der Waals surface area contributed by atoms with Crippen LogP contribution in [-0.2, 0) is 10.2 Å². The van der Waals surface area contributed by atoms with Crippen molar-refractivity contribution in [1.29, 1.82) is 0 Å². The number of aromatic amines is 1. The van der Waals surface area contributed by atoms with Gasteiger partial charge in [-0.3, -0.25) is 14.2 Å². The first-order chi connectivity index (χ1) is 20.1. The van der Waals surface area contributed by atoms with E-state index in [2.05, 4.69) is 35.8 Å². The molecule has 1 unspecified atom stereocenters. The summed E-state index contributed by atoms with van der Waals surface area (Å²) < 4.78 is 48.0. The Morgan fingerprint density at radius 1 is 1.14 bits per heavy atom. The Hall–Kier alpha value is -4.92. The number of H-pyrrole nitrogens is 1. The number of tetrazole rings is 1. The summed E-state index contributed by atoms with van der Waals surface area (Å²) >= 11 is 6.09. The molecule has 1 fully saturated rings. The highest BCUT2D eigenvalue weighted by Crippen LogP contribution is 2.58. The van der Waals surface area contributed by atoms with Gasteiger partial charge in [-0.1, -0.05) is 11.6 Å². The van der Waals surface area contributed by atoms with Crippen molar-refractivity contribution >= 4 is 23.3 Å². The normalized spacial score (nSPS) is 16.5. The number of aromatic nitrogens is 9. The Bertz CT molecular complexity index is 1970. The van der Waals surface area contributed by atoms with E-state index in [4.69, 9.17) is 16.6 Å². The van der Waals surface area contributed by atoms with Gasteiger partial charge in [-0.15, -0.1) is 5.10 Å². The van der Waals surface area contributed by atoms with Crippen molar-refractivity contribution in [3.8, 4) is 28.2 Å². The van der Waals surface area contributed by atoms with Crippen LogP contribution in [0, 0.1) is 17.7 Å². The van der Waals surface area contributed by atoms with Crippen LogP contribution in [0.3, 0.4) is 0 Å². The molecule has 0 saturated heterocycles. The molecular weight excluding hydrogens is 577 g/mol. The Labute approximate surface area is 238 Å². The summed E-state index contributed by atoms with van der Waals surface area (Å²) in [6, 6.07) is 5.88. The van der Waals surface area contributed by atoms with E-state index < -0.39 is 40.6 Å². The van der Waals surface area contributed by atoms with Gasteiger partial charge in [0.2, 0.25) is 17.8 Å². The summed E-state index contributed by atoms with van der Waals surface area (Å²) in [6.45, 7) is 1.25. The monoisotopic (exact) mass is 594 g/mol. The van der Waals surface area contributed by atoms with Crippen molar-refractivity contribution in [1.82, 2.24) is 44.7 Å². The Morgan fingerprint density at radius 3 is 2.64 bits per heavy atom. The second-order valence-electron chi connectivity index (χ2n) is 10.2. The number of nitrogens with zero attached hydrogens (tertiary/aromatic N) is 8. The number of anilines is 1. The van der Waals surface area contributed by atoms with E-state index >= 15 is 8.78 Å². The van der Waals surface area contributed by atoms with Gasteiger partial charge < -0.3 is 10.3 Å². The third kappa shape index (κ3) is 4.07. The number of fused-ring (bicyclic) bond motifs is 2. The third-order valence-corrected chi connectivity index (χ3v) is 7.79. The van der Waals surface area contributed by atoms with Gasteiger partial charge in [0.15, 0.2) is 5.82 Å².